The Morgan fingerprint density at radius 1 is 1.70 bits per heavy atom. The number of hydrogen-bond donors (Lipinski definition) is 0. The maximum absolute atomic E-state index is 11.9. The normalized spacial score (nSPS) is 12.5. The van der Waals surface area contributed by atoms with Crippen LogP contribution in [0, 0.1) is 0 Å². The summed E-state index contributed by atoms with van der Waals surface area (Å²) in [6.45, 7) is 5.09. The molecule has 0 saturated carbocycles. The molecular formula is C8H10BrF. The van der Waals surface area contributed by atoms with Gasteiger partial charge in [0, 0.05) is 0 Å². The van der Waals surface area contributed by atoms with Crippen molar-refractivity contribution in [3.05, 3.63) is 35.1 Å². The zero-order valence-electron chi connectivity index (χ0n) is 5.90. The first-order valence-electron chi connectivity index (χ1n) is 3.04. The van der Waals surface area contributed by atoms with Gasteiger partial charge in [0.1, 0.15) is 5.83 Å². The van der Waals surface area contributed by atoms with E-state index >= 15 is 0 Å². The lowest BCUT2D eigenvalue weighted by Gasteiger charge is -1.85. The molecule has 0 heterocycles. The van der Waals surface area contributed by atoms with Crippen molar-refractivity contribution in [3.63, 3.8) is 0 Å². The highest BCUT2D eigenvalue weighted by Gasteiger charge is 1.81. The predicted molar refractivity (Wildman–Crippen MR) is 46.7 cm³/mol. The van der Waals surface area contributed by atoms with Gasteiger partial charge in [-0.25, -0.2) is 4.39 Å². The Balaban J connectivity index is 3.82. The second kappa shape index (κ2) is 5.42. The van der Waals surface area contributed by atoms with E-state index in [1.165, 1.54) is 6.08 Å². The molecule has 0 N–H and O–H groups in total. The van der Waals surface area contributed by atoms with Gasteiger partial charge < -0.3 is 0 Å². The molecule has 0 aromatic carbocycles. The Bertz CT molecular complexity index is 168. The molecule has 0 aliphatic carbocycles. The highest BCUT2D eigenvalue weighted by Crippen LogP contribution is 2.08. The summed E-state index contributed by atoms with van der Waals surface area (Å²) in [6.07, 6.45) is 5.65. The van der Waals surface area contributed by atoms with Crippen LogP contribution in [0.2, 0.25) is 0 Å². The third kappa shape index (κ3) is 5.76. The van der Waals surface area contributed by atoms with Gasteiger partial charge in [-0.05, 0) is 17.0 Å². The van der Waals surface area contributed by atoms with Gasteiger partial charge in [-0.1, -0.05) is 41.6 Å². The lowest BCUT2D eigenvalue weighted by atomic mass is 10.4. The van der Waals surface area contributed by atoms with Crippen molar-refractivity contribution in [2.45, 2.75) is 13.3 Å². The van der Waals surface area contributed by atoms with Crippen LogP contribution >= 0.6 is 15.9 Å². The number of rotatable bonds is 3. The Kier molecular flexibility index (Phi) is 5.22. The standard InChI is InChI=1S/C8H10BrF/c1-3-8(9)6-4-5-7(2)10/h4-6H,2-3H2,1H3. The third-order valence-electron chi connectivity index (χ3n) is 0.892. The highest BCUT2D eigenvalue weighted by atomic mass is 79.9. The minimum Gasteiger partial charge on any atom is -0.208 e. The van der Waals surface area contributed by atoms with Crippen LogP contribution in [0.4, 0.5) is 4.39 Å². The van der Waals surface area contributed by atoms with Crippen molar-refractivity contribution in [2.75, 3.05) is 0 Å². The molecule has 2 heteroatoms. The van der Waals surface area contributed by atoms with E-state index in [2.05, 4.69) is 22.5 Å². The first-order valence-corrected chi connectivity index (χ1v) is 3.83. The maximum atomic E-state index is 11.9. The van der Waals surface area contributed by atoms with Crippen LogP contribution in [0.3, 0.4) is 0 Å². The average Bonchev–Trinajstić information content (AvgIpc) is 1.87. The van der Waals surface area contributed by atoms with E-state index in [1.54, 1.807) is 12.2 Å². The fraction of sp³-hybridized carbons (Fsp3) is 0.250. The van der Waals surface area contributed by atoms with Crippen LogP contribution in [0.25, 0.3) is 0 Å². The second-order valence-corrected chi connectivity index (χ2v) is 2.79. The molecule has 0 aromatic heterocycles. The summed E-state index contributed by atoms with van der Waals surface area (Å²) in [5.41, 5.74) is 0. The number of hydrogen-bond acceptors (Lipinski definition) is 0. The van der Waals surface area contributed by atoms with Gasteiger partial charge in [-0.15, -0.1) is 0 Å². The topological polar surface area (TPSA) is 0 Å². The second-order valence-electron chi connectivity index (χ2n) is 1.77. The molecule has 10 heavy (non-hydrogen) atoms. The molecular weight excluding hydrogens is 195 g/mol. The molecule has 0 bridgehead atoms. The van der Waals surface area contributed by atoms with Crippen LogP contribution < -0.4 is 0 Å². The molecule has 0 fully saturated rings. The number of allylic oxidation sites excluding steroid dienone is 5. The van der Waals surface area contributed by atoms with Crippen molar-refractivity contribution in [2.24, 2.45) is 0 Å². The van der Waals surface area contributed by atoms with E-state index in [0.717, 1.165) is 10.9 Å². The molecule has 0 radical (unpaired) electrons. The molecule has 0 spiro atoms. The summed E-state index contributed by atoms with van der Waals surface area (Å²) in [6, 6.07) is 0. The van der Waals surface area contributed by atoms with Crippen LogP contribution in [0.15, 0.2) is 35.1 Å². The van der Waals surface area contributed by atoms with Gasteiger partial charge in [-0.3, -0.25) is 0 Å². The first-order chi connectivity index (χ1) is 4.66. The molecule has 0 atom stereocenters. The molecule has 56 valence electrons. The van der Waals surface area contributed by atoms with Crippen LogP contribution in [-0.4, -0.2) is 0 Å². The molecule has 0 unspecified atom stereocenters. The van der Waals surface area contributed by atoms with Crippen LogP contribution in [-0.2, 0) is 0 Å². The zero-order valence-corrected chi connectivity index (χ0v) is 7.49. The molecule has 0 aliphatic rings. The largest absolute Gasteiger partial charge is 0.208 e. The summed E-state index contributed by atoms with van der Waals surface area (Å²) in [5, 5.41) is 0. The van der Waals surface area contributed by atoms with Gasteiger partial charge in [0.05, 0.1) is 0 Å². The van der Waals surface area contributed by atoms with E-state index in [1.807, 2.05) is 6.92 Å². The van der Waals surface area contributed by atoms with Gasteiger partial charge in [0.2, 0.25) is 0 Å². The lowest BCUT2D eigenvalue weighted by Crippen LogP contribution is -1.63. The van der Waals surface area contributed by atoms with Gasteiger partial charge >= 0.3 is 0 Å². The molecule has 0 aliphatic heterocycles. The number of halogens is 2. The molecule has 0 amide bonds. The monoisotopic (exact) mass is 204 g/mol. The van der Waals surface area contributed by atoms with Crippen molar-refractivity contribution < 1.29 is 4.39 Å². The van der Waals surface area contributed by atoms with Crippen molar-refractivity contribution in [1.29, 1.82) is 0 Å². The first kappa shape index (κ1) is 9.63. The fourth-order valence-corrected chi connectivity index (χ4v) is 0.527. The minimum atomic E-state index is -0.423. The van der Waals surface area contributed by atoms with Crippen molar-refractivity contribution in [3.8, 4) is 0 Å². The van der Waals surface area contributed by atoms with Gasteiger partial charge in [0.25, 0.3) is 0 Å². The van der Waals surface area contributed by atoms with Gasteiger partial charge in [0.15, 0.2) is 0 Å². The highest BCUT2D eigenvalue weighted by molar-refractivity contribution is 9.11. The summed E-state index contributed by atoms with van der Waals surface area (Å²) < 4.78 is 13.0. The molecule has 0 saturated heterocycles. The van der Waals surface area contributed by atoms with Gasteiger partial charge in [-0.2, -0.15) is 0 Å². The Morgan fingerprint density at radius 2 is 2.30 bits per heavy atom. The fourth-order valence-electron chi connectivity index (χ4n) is 0.375. The average molecular weight is 205 g/mol. The van der Waals surface area contributed by atoms with Crippen LogP contribution in [0.5, 0.6) is 0 Å². The maximum Gasteiger partial charge on any atom is 0.116 e. The smallest absolute Gasteiger partial charge is 0.116 e. The summed E-state index contributed by atoms with van der Waals surface area (Å²) in [4.78, 5) is 0. The summed E-state index contributed by atoms with van der Waals surface area (Å²) in [5.74, 6) is -0.423. The van der Waals surface area contributed by atoms with Crippen molar-refractivity contribution >= 4 is 15.9 Å². The third-order valence-corrected chi connectivity index (χ3v) is 1.72. The Morgan fingerprint density at radius 3 is 2.70 bits per heavy atom. The summed E-state index contributed by atoms with van der Waals surface area (Å²) >= 11 is 3.28. The predicted octanol–water partition coefficient (Wildman–Crippen LogP) is 3.71. The molecule has 0 aromatic rings. The molecule has 0 rings (SSSR count). The molecule has 0 nitrogen and oxygen atoms in total. The van der Waals surface area contributed by atoms with E-state index in [0.29, 0.717) is 0 Å². The van der Waals surface area contributed by atoms with E-state index in [9.17, 15) is 4.39 Å². The summed E-state index contributed by atoms with van der Waals surface area (Å²) in [7, 11) is 0. The van der Waals surface area contributed by atoms with E-state index < -0.39 is 5.83 Å². The van der Waals surface area contributed by atoms with Crippen molar-refractivity contribution in [1.82, 2.24) is 0 Å². The van der Waals surface area contributed by atoms with Crippen LogP contribution in [0.1, 0.15) is 13.3 Å². The SMILES string of the molecule is C=C(F)C=CC=C(Br)CC. The lowest BCUT2D eigenvalue weighted by molar-refractivity contribution is 0.671. The Hall–Kier alpha value is -0.370. The van der Waals surface area contributed by atoms with E-state index in [-0.39, 0.29) is 0 Å². The van der Waals surface area contributed by atoms with E-state index in [4.69, 9.17) is 0 Å². The minimum absolute atomic E-state index is 0.423. The quantitative estimate of drug-likeness (QED) is 0.616. The Labute approximate surface area is 69.3 Å². The zero-order chi connectivity index (χ0) is 7.98.